The fourth-order valence-electron chi connectivity index (χ4n) is 1.62. The van der Waals surface area contributed by atoms with Crippen LogP contribution in [-0.4, -0.2) is 28.0 Å². The molecule has 0 atom stereocenters. The third-order valence-corrected chi connectivity index (χ3v) is 5.73. The van der Waals surface area contributed by atoms with Crippen LogP contribution in [0.2, 0.25) is 0 Å². The van der Waals surface area contributed by atoms with E-state index in [0.29, 0.717) is 6.07 Å². The standard InChI is InChI=1S/C12H16F3O6PS/c1-3-19-22(16,20-4-2)9-21-23(17,18)11-8-6-5-7-10(11)12(13,14)15/h5-8H,3-4,9H2,1-2H3. The lowest BCUT2D eigenvalue weighted by Crippen LogP contribution is -2.16. The van der Waals surface area contributed by atoms with E-state index in [1.54, 1.807) is 0 Å². The third kappa shape index (κ3) is 5.58. The first-order chi connectivity index (χ1) is 10.6. The molecule has 1 rings (SSSR count). The van der Waals surface area contributed by atoms with Gasteiger partial charge in [0.1, 0.15) is 4.90 Å². The maximum atomic E-state index is 12.9. The van der Waals surface area contributed by atoms with Gasteiger partial charge in [0.25, 0.3) is 10.1 Å². The second-order valence-electron chi connectivity index (χ2n) is 4.14. The van der Waals surface area contributed by atoms with Crippen LogP contribution in [0.15, 0.2) is 29.2 Å². The maximum Gasteiger partial charge on any atom is 0.417 e. The molecule has 0 heterocycles. The summed E-state index contributed by atoms with van der Waals surface area (Å²) in [6, 6.07) is 3.54. The van der Waals surface area contributed by atoms with Crippen LogP contribution in [0, 0.1) is 0 Å². The summed E-state index contributed by atoms with van der Waals surface area (Å²) in [6.45, 7) is 2.91. The van der Waals surface area contributed by atoms with Crippen LogP contribution < -0.4 is 0 Å². The van der Waals surface area contributed by atoms with Crippen molar-refractivity contribution in [3.05, 3.63) is 29.8 Å². The van der Waals surface area contributed by atoms with Gasteiger partial charge in [-0.2, -0.15) is 21.6 Å². The van der Waals surface area contributed by atoms with Gasteiger partial charge < -0.3 is 9.05 Å². The van der Waals surface area contributed by atoms with E-state index in [4.69, 9.17) is 9.05 Å². The number of rotatable bonds is 8. The van der Waals surface area contributed by atoms with Gasteiger partial charge in [0, 0.05) is 0 Å². The predicted octanol–water partition coefficient (Wildman–Crippen LogP) is 3.63. The molecule has 132 valence electrons. The Kier molecular flexibility index (Phi) is 6.79. The number of benzene rings is 1. The van der Waals surface area contributed by atoms with E-state index in [0.717, 1.165) is 18.2 Å². The molecular formula is C12H16F3O6PS. The summed E-state index contributed by atoms with van der Waals surface area (Å²) in [5.41, 5.74) is -1.37. The molecule has 0 bridgehead atoms. The van der Waals surface area contributed by atoms with Gasteiger partial charge >= 0.3 is 13.8 Å². The quantitative estimate of drug-likeness (QED) is 0.509. The summed E-state index contributed by atoms with van der Waals surface area (Å²) in [5, 5.41) is 0. The molecule has 0 amide bonds. The largest absolute Gasteiger partial charge is 0.417 e. The molecule has 0 radical (unpaired) electrons. The highest BCUT2D eigenvalue weighted by atomic mass is 32.2. The van der Waals surface area contributed by atoms with Gasteiger partial charge in [-0.3, -0.25) is 8.75 Å². The Morgan fingerprint density at radius 3 is 2.09 bits per heavy atom. The molecule has 0 saturated carbocycles. The molecule has 0 aliphatic carbocycles. The Labute approximate surface area is 132 Å². The minimum Gasteiger partial charge on any atom is -0.307 e. The van der Waals surface area contributed by atoms with Gasteiger partial charge in [-0.05, 0) is 26.0 Å². The lowest BCUT2D eigenvalue weighted by atomic mass is 10.2. The summed E-state index contributed by atoms with van der Waals surface area (Å²) < 4.78 is 88.8. The van der Waals surface area contributed by atoms with Crippen molar-refractivity contribution < 1.29 is 39.4 Å². The molecule has 0 saturated heterocycles. The Hall–Kier alpha value is -0.930. The van der Waals surface area contributed by atoms with Gasteiger partial charge in [-0.1, -0.05) is 12.1 Å². The Bertz CT molecular complexity index is 664. The zero-order chi connectivity index (χ0) is 17.7. The first-order valence-electron chi connectivity index (χ1n) is 6.49. The number of alkyl halides is 3. The van der Waals surface area contributed by atoms with E-state index in [1.165, 1.54) is 13.8 Å². The van der Waals surface area contributed by atoms with Crippen molar-refractivity contribution in [2.75, 3.05) is 19.6 Å². The van der Waals surface area contributed by atoms with E-state index in [1.807, 2.05) is 0 Å². The van der Waals surface area contributed by atoms with Gasteiger partial charge in [0.2, 0.25) is 0 Å². The van der Waals surface area contributed by atoms with Crippen LogP contribution in [0.1, 0.15) is 19.4 Å². The first-order valence-corrected chi connectivity index (χ1v) is 9.63. The molecule has 6 nitrogen and oxygen atoms in total. The summed E-state index contributed by atoms with van der Waals surface area (Å²) in [7, 11) is -8.67. The molecule has 0 aliphatic heterocycles. The van der Waals surface area contributed by atoms with Gasteiger partial charge in [0.05, 0.1) is 18.8 Å². The van der Waals surface area contributed by atoms with E-state index in [2.05, 4.69) is 4.18 Å². The fourth-order valence-corrected chi connectivity index (χ4v) is 4.53. The molecule has 0 spiro atoms. The van der Waals surface area contributed by atoms with Crippen LogP contribution in [-0.2, 0) is 34.1 Å². The van der Waals surface area contributed by atoms with Gasteiger partial charge in [0.15, 0.2) is 6.35 Å². The zero-order valence-corrected chi connectivity index (χ0v) is 14.1. The summed E-state index contributed by atoms with van der Waals surface area (Å²) in [5.74, 6) is 0. The molecule has 11 heteroatoms. The van der Waals surface area contributed by atoms with E-state index < -0.39 is 40.7 Å². The normalized spacial score (nSPS) is 13.3. The van der Waals surface area contributed by atoms with Crippen molar-refractivity contribution in [3.8, 4) is 0 Å². The highest BCUT2D eigenvalue weighted by Crippen LogP contribution is 2.48. The number of hydrogen-bond donors (Lipinski definition) is 0. The second kappa shape index (κ2) is 7.76. The monoisotopic (exact) mass is 376 g/mol. The molecule has 0 aliphatic rings. The molecule has 23 heavy (non-hydrogen) atoms. The highest BCUT2D eigenvalue weighted by molar-refractivity contribution is 7.87. The average molecular weight is 376 g/mol. The first kappa shape index (κ1) is 20.1. The van der Waals surface area contributed by atoms with Crippen LogP contribution in [0.3, 0.4) is 0 Å². The molecular weight excluding hydrogens is 360 g/mol. The topological polar surface area (TPSA) is 78.9 Å². The van der Waals surface area contributed by atoms with E-state index in [9.17, 15) is 26.2 Å². The number of hydrogen-bond acceptors (Lipinski definition) is 6. The van der Waals surface area contributed by atoms with Crippen molar-refractivity contribution in [2.45, 2.75) is 24.9 Å². The minimum absolute atomic E-state index is 0.0418. The summed E-state index contributed by atoms with van der Waals surface area (Å²) >= 11 is 0. The van der Waals surface area contributed by atoms with Crippen LogP contribution >= 0.6 is 7.60 Å². The smallest absolute Gasteiger partial charge is 0.307 e. The fraction of sp³-hybridized carbons (Fsp3) is 0.500. The Morgan fingerprint density at radius 1 is 1.09 bits per heavy atom. The van der Waals surface area contributed by atoms with Gasteiger partial charge in [-0.15, -0.1) is 0 Å². The summed E-state index contributed by atoms with van der Waals surface area (Å²) in [4.78, 5) is -1.06. The van der Waals surface area contributed by atoms with Crippen molar-refractivity contribution in [3.63, 3.8) is 0 Å². The molecule has 1 aromatic carbocycles. The Balaban J connectivity index is 3.08. The van der Waals surface area contributed by atoms with Crippen molar-refractivity contribution >= 4 is 17.7 Å². The van der Waals surface area contributed by atoms with E-state index >= 15 is 0 Å². The SMILES string of the molecule is CCOP(=O)(COS(=O)(=O)c1ccccc1C(F)(F)F)OCC. The molecule has 1 aromatic rings. The Morgan fingerprint density at radius 2 is 1.61 bits per heavy atom. The lowest BCUT2D eigenvalue weighted by molar-refractivity contribution is -0.140. The van der Waals surface area contributed by atoms with Crippen LogP contribution in [0.25, 0.3) is 0 Å². The third-order valence-electron chi connectivity index (χ3n) is 2.48. The molecule has 0 unspecified atom stereocenters. The highest BCUT2D eigenvalue weighted by Gasteiger charge is 2.38. The average Bonchev–Trinajstić information content (AvgIpc) is 2.45. The van der Waals surface area contributed by atoms with E-state index in [-0.39, 0.29) is 13.2 Å². The molecule has 0 fully saturated rings. The molecule has 0 aromatic heterocycles. The second-order valence-corrected chi connectivity index (χ2v) is 7.72. The van der Waals surface area contributed by atoms with Crippen molar-refractivity contribution in [2.24, 2.45) is 0 Å². The lowest BCUT2D eigenvalue weighted by Gasteiger charge is -2.17. The van der Waals surface area contributed by atoms with Gasteiger partial charge in [-0.25, -0.2) is 0 Å². The van der Waals surface area contributed by atoms with Crippen LogP contribution in [0.5, 0.6) is 0 Å². The molecule has 0 N–H and O–H groups in total. The van der Waals surface area contributed by atoms with Crippen molar-refractivity contribution in [1.29, 1.82) is 0 Å². The number of halogens is 3. The minimum atomic E-state index is -4.88. The zero-order valence-electron chi connectivity index (χ0n) is 12.4. The predicted molar refractivity (Wildman–Crippen MR) is 75.4 cm³/mol. The van der Waals surface area contributed by atoms with Crippen LogP contribution in [0.4, 0.5) is 13.2 Å². The summed E-state index contributed by atoms with van der Waals surface area (Å²) in [6.07, 6.45) is -5.89. The van der Waals surface area contributed by atoms with Crippen molar-refractivity contribution in [1.82, 2.24) is 0 Å². The maximum absolute atomic E-state index is 12.9.